The van der Waals surface area contributed by atoms with Gasteiger partial charge in [0.05, 0.1) is 18.2 Å². The van der Waals surface area contributed by atoms with Crippen LogP contribution in [-0.4, -0.2) is 23.9 Å². The summed E-state index contributed by atoms with van der Waals surface area (Å²) in [7, 11) is 0. The van der Waals surface area contributed by atoms with E-state index in [0.29, 0.717) is 24.0 Å². The zero-order valence-electron chi connectivity index (χ0n) is 11.3. The zero-order valence-corrected chi connectivity index (χ0v) is 11.3. The summed E-state index contributed by atoms with van der Waals surface area (Å²) in [6.45, 7) is 4.83. The first-order chi connectivity index (χ1) is 9.19. The summed E-state index contributed by atoms with van der Waals surface area (Å²) >= 11 is 0. The average molecular weight is 256 g/mol. The van der Waals surface area contributed by atoms with Crippen LogP contribution >= 0.6 is 0 Å². The van der Waals surface area contributed by atoms with Crippen molar-refractivity contribution < 1.29 is 0 Å². The summed E-state index contributed by atoms with van der Waals surface area (Å²) in [6, 6.07) is 9.58. The number of hydrogen-bond donors (Lipinski definition) is 1. The van der Waals surface area contributed by atoms with Crippen molar-refractivity contribution in [3.63, 3.8) is 0 Å². The van der Waals surface area contributed by atoms with E-state index in [1.807, 2.05) is 24.3 Å². The lowest BCUT2D eigenvalue weighted by Crippen LogP contribution is -2.43. The third-order valence-corrected chi connectivity index (χ3v) is 3.49. The minimum absolute atomic E-state index is 0.572. The van der Waals surface area contributed by atoms with Crippen LogP contribution in [-0.2, 0) is 6.54 Å². The minimum Gasteiger partial charge on any atom is -0.370 e. The van der Waals surface area contributed by atoms with Gasteiger partial charge in [-0.05, 0) is 36.5 Å². The Balaban J connectivity index is 1.95. The van der Waals surface area contributed by atoms with Crippen molar-refractivity contribution in [1.29, 1.82) is 5.26 Å². The van der Waals surface area contributed by atoms with E-state index in [1.165, 1.54) is 12.8 Å². The second-order valence-corrected chi connectivity index (χ2v) is 5.18. The highest BCUT2D eigenvalue weighted by atomic mass is 15.3. The van der Waals surface area contributed by atoms with Gasteiger partial charge in [0.1, 0.15) is 0 Å². The summed E-state index contributed by atoms with van der Waals surface area (Å²) < 4.78 is 0. The van der Waals surface area contributed by atoms with Gasteiger partial charge in [0.25, 0.3) is 0 Å². The van der Waals surface area contributed by atoms with Crippen LogP contribution in [0, 0.1) is 17.2 Å². The molecular weight excluding hydrogens is 236 g/mol. The number of guanidine groups is 1. The molecule has 1 fully saturated rings. The van der Waals surface area contributed by atoms with Gasteiger partial charge in [-0.25, -0.2) is 4.99 Å². The van der Waals surface area contributed by atoms with Gasteiger partial charge in [-0.1, -0.05) is 19.1 Å². The number of piperidine rings is 1. The van der Waals surface area contributed by atoms with Gasteiger partial charge in [0.2, 0.25) is 0 Å². The van der Waals surface area contributed by atoms with Crippen LogP contribution < -0.4 is 5.73 Å². The Morgan fingerprint density at radius 2 is 2.21 bits per heavy atom. The molecule has 1 aromatic carbocycles. The fraction of sp³-hybridized carbons (Fsp3) is 0.467. The van der Waals surface area contributed by atoms with Crippen LogP contribution in [0.4, 0.5) is 0 Å². The van der Waals surface area contributed by atoms with Crippen LogP contribution in [0.25, 0.3) is 0 Å². The molecule has 2 rings (SSSR count). The van der Waals surface area contributed by atoms with Gasteiger partial charge in [0, 0.05) is 13.1 Å². The molecule has 1 atom stereocenters. The largest absolute Gasteiger partial charge is 0.370 e. The van der Waals surface area contributed by atoms with Crippen LogP contribution in [0.2, 0.25) is 0 Å². The van der Waals surface area contributed by atoms with Gasteiger partial charge >= 0.3 is 0 Å². The molecule has 0 aromatic heterocycles. The predicted molar refractivity (Wildman–Crippen MR) is 76.5 cm³/mol. The van der Waals surface area contributed by atoms with Crippen molar-refractivity contribution in [3.05, 3.63) is 35.4 Å². The molecule has 0 bridgehead atoms. The van der Waals surface area contributed by atoms with Gasteiger partial charge < -0.3 is 10.6 Å². The number of likely N-dealkylation sites (tertiary alicyclic amines) is 1. The zero-order chi connectivity index (χ0) is 13.7. The van der Waals surface area contributed by atoms with E-state index in [0.717, 1.165) is 18.7 Å². The van der Waals surface area contributed by atoms with Crippen LogP contribution in [0.1, 0.15) is 30.9 Å². The molecule has 1 aliphatic rings. The number of hydrogen-bond acceptors (Lipinski definition) is 2. The topological polar surface area (TPSA) is 65.4 Å². The Hall–Kier alpha value is -2.02. The van der Waals surface area contributed by atoms with E-state index in [2.05, 4.69) is 22.9 Å². The molecule has 1 saturated heterocycles. The highest BCUT2D eigenvalue weighted by Gasteiger charge is 2.17. The van der Waals surface area contributed by atoms with Crippen molar-refractivity contribution in [2.24, 2.45) is 16.6 Å². The molecular formula is C15H20N4. The first kappa shape index (κ1) is 13.4. The van der Waals surface area contributed by atoms with Gasteiger partial charge in [-0.3, -0.25) is 0 Å². The van der Waals surface area contributed by atoms with E-state index >= 15 is 0 Å². The molecule has 1 aliphatic heterocycles. The van der Waals surface area contributed by atoms with E-state index in [4.69, 9.17) is 11.0 Å². The lowest BCUT2D eigenvalue weighted by molar-refractivity contribution is 0.270. The molecule has 19 heavy (non-hydrogen) atoms. The highest BCUT2D eigenvalue weighted by Crippen LogP contribution is 2.15. The fourth-order valence-corrected chi connectivity index (χ4v) is 2.35. The molecule has 0 aliphatic carbocycles. The van der Waals surface area contributed by atoms with E-state index in [1.54, 1.807) is 0 Å². The van der Waals surface area contributed by atoms with Crippen molar-refractivity contribution in [2.75, 3.05) is 13.1 Å². The molecule has 1 unspecified atom stereocenters. The van der Waals surface area contributed by atoms with Crippen molar-refractivity contribution in [1.82, 2.24) is 4.90 Å². The Kier molecular flexibility index (Phi) is 4.40. The normalized spacial score (nSPS) is 20.1. The van der Waals surface area contributed by atoms with E-state index in [-0.39, 0.29) is 0 Å². The lowest BCUT2D eigenvalue weighted by atomic mass is 10.0. The first-order valence-corrected chi connectivity index (χ1v) is 6.73. The first-order valence-electron chi connectivity index (χ1n) is 6.73. The van der Waals surface area contributed by atoms with Crippen molar-refractivity contribution in [2.45, 2.75) is 26.3 Å². The summed E-state index contributed by atoms with van der Waals surface area (Å²) in [5, 5.41) is 8.74. The second kappa shape index (κ2) is 6.24. The summed E-state index contributed by atoms with van der Waals surface area (Å²) in [6.07, 6.45) is 2.47. The molecule has 1 heterocycles. The van der Waals surface area contributed by atoms with Crippen LogP contribution in [0.3, 0.4) is 0 Å². The molecule has 1 aromatic rings. The second-order valence-electron chi connectivity index (χ2n) is 5.18. The Morgan fingerprint density at radius 3 is 2.84 bits per heavy atom. The molecule has 100 valence electrons. The molecule has 0 saturated carbocycles. The maximum atomic E-state index is 8.74. The van der Waals surface area contributed by atoms with Gasteiger partial charge in [0.15, 0.2) is 5.96 Å². The number of nitrogens with zero attached hydrogens (tertiary/aromatic N) is 3. The number of aliphatic imine (C=N–C) groups is 1. The average Bonchev–Trinajstić information content (AvgIpc) is 2.45. The maximum Gasteiger partial charge on any atom is 0.191 e. The molecule has 2 N–H and O–H groups in total. The summed E-state index contributed by atoms with van der Waals surface area (Å²) in [5.74, 6) is 1.33. The maximum absolute atomic E-state index is 8.74. The minimum atomic E-state index is 0.572. The number of nitrogens with two attached hydrogens (primary N) is 1. The molecule has 0 amide bonds. The SMILES string of the molecule is CC1CCCN(C(N)=NCc2ccc(C#N)cc2)C1. The van der Waals surface area contributed by atoms with Crippen molar-refractivity contribution in [3.8, 4) is 6.07 Å². The lowest BCUT2D eigenvalue weighted by Gasteiger charge is -2.31. The Morgan fingerprint density at radius 1 is 1.47 bits per heavy atom. The van der Waals surface area contributed by atoms with Gasteiger partial charge in [-0.2, -0.15) is 5.26 Å². The smallest absolute Gasteiger partial charge is 0.191 e. The molecule has 0 radical (unpaired) electrons. The summed E-state index contributed by atoms with van der Waals surface area (Å²) in [5.41, 5.74) is 7.79. The van der Waals surface area contributed by atoms with Crippen molar-refractivity contribution >= 4 is 5.96 Å². The number of nitriles is 1. The quantitative estimate of drug-likeness (QED) is 0.651. The van der Waals surface area contributed by atoms with Crippen LogP contribution in [0.15, 0.2) is 29.3 Å². The molecule has 0 spiro atoms. The number of rotatable bonds is 2. The number of benzene rings is 1. The van der Waals surface area contributed by atoms with E-state index in [9.17, 15) is 0 Å². The standard InChI is InChI=1S/C15H20N4/c1-12-3-2-8-19(11-12)15(17)18-10-14-6-4-13(9-16)5-7-14/h4-7,12H,2-3,8,10-11H2,1H3,(H2,17,18). The molecule has 4 heteroatoms. The van der Waals surface area contributed by atoms with Gasteiger partial charge in [-0.15, -0.1) is 0 Å². The summed E-state index contributed by atoms with van der Waals surface area (Å²) in [4.78, 5) is 6.61. The monoisotopic (exact) mass is 256 g/mol. The van der Waals surface area contributed by atoms with E-state index < -0.39 is 0 Å². The Bertz CT molecular complexity index is 484. The highest BCUT2D eigenvalue weighted by molar-refractivity contribution is 5.78. The third kappa shape index (κ3) is 3.72. The third-order valence-electron chi connectivity index (χ3n) is 3.49. The fourth-order valence-electron chi connectivity index (χ4n) is 2.35. The van der Waals surface area contributed by atoms with Crippen LogP contribution in [0.5, 0.6) is 0 Å². The molecule has 4 nitrogen and oxygen atoms in total. The Labute approximate surface area is 114 Å². The predicted octanol–water partition coefficient (Wildman–Crippen LogP) is 2.10.